The molecule has 1 aromatic carbocycles. The van der Waals surface area contributed by atoms with Gasteiger partial charge >= 0.3 is 1.43 Å². The third-order valence-electron chi connectivity index (χ3n) is 7.00. The Balaban J connectivity index is 0.00000204. The monoisotopic (exact) mass is 481 g/mol. The molecular weight excluding hydrogens is 452 g/mol. The normalized spacial score (nSPS) is 32.4. The van der Waals surface area contributed by atoms with Crippen molar-refractivity contribution in [3.8, 4) is 5.75 Å². The molecule has 1 aromatic rings. The zero-order valence-electron chi connectivity index (χ0n) is 19.6. The van der Waals surface area contributed by atoms with Gasteiger partial charge in [-0.15, -0.1) is 0 Å². The highest BCUT2D eigenvalue weighted by atomic mass is 16.4. The molecule has 34 heavy (non-hydrogen) atoms. The molecule has 0 radical (unpaired) electrons. The first-order valence-corrected chi connectivity index (χ1v) is 10.0. The summed E-state index contributed by atoms with van der Waals surface area (Å²) >= 11 is 0. The number of aliphatic hydroxyl groups is 4. The molecule has 11 N–H and O–H groups in total. The first-order chi connectivity index (χ1) is 14.9. The Bertz CT molecular complexity index is 1150. The van der Waals surface area contributed by atoms with E-state index in [4.69, 9.17) is 5.73 Å². The van der Waals surface area contributed by atoms with Gasteiger partial charge in [0.1, 0.15) is 22.8 Å². The summed E-state index contributed by atoms with van der Waals surface area (Å²) < 4.78 is 0. The van der Waals surface area contributed by atoms with Crippen LogP contribution in [-0.4, -0.2) is 90.7 Å². The lowest BCUT2D eigenvalue weighted by Gasteiger charge is -2.53. The Hall–Kier alpha value is -3.29. The van der Waals surface area contributed by atoms with Crippen molar-refractivity contribution in [1.82, 2.24) is 4.90 Å². The number of hydrogen-bond donors (Lipinski definition) is 6. The third-order valence-corrected chi connectivity index (χ3v) is 7.00. The summed E-state index contributed by atoms with van der Waals surface area (Å²) in [7, 11) is 2.98. The lowest BCUT2D eigenvalue weighted by atomic mass is 9.55. The number of amides is 1. The van der Waals surface area contributed by atoms with Gasteiger partial charge < -0.3 is 42.2 Å². The highest BCUT2D eigenvalue weighted by Gasteiger charge is 2.67. The van der Waals surface area contributed by atoms with Crippen molar-refractivity contribution in [2.24, 2.45) is 17.6 Å². The Morgan fingerprint density at radius 3 is 2.26 bits per heavy atom. The van der Waals surface area contributed by atoms with Crippen molar-refractivity contribution in [3.63, 3.8) is 0 Å². The van der Waals surface area contributed by atoms with Gasteiger partial charge in [-0.3, -0.25) is 19.3 Å². The van der Waals surface area contributed by atoms with E-state index in [9.17, 15) is 39.9 Å². The zero-order valence-corrected chi connectivity index (χ0v) is 18.6. The molecule has 6 atom stereocenters. The van der Waals surface area contributed by atoms with Crippen LogP contribution < -0.4 is 5.73 Å². The summed E-state index contributed by atoms with van der Waals surface area (Å²) in [5.41, 5.74) is 1.36. The van der Waals surface area contributed by atoms with E-state index < -0.39 is 75.6 Å². The van der Waals surface area contributed by atoms with E-state index >= 15 is 0 Å². The summed E-state index contributed by atoms with van der Waals surface area (Å²) in [6, 6.07) is 3.17. The molecule has 1 amide bonds. The number of carbonyl (C=O) groups excluding carboxylic acids is 3. The molecule has 186 valence electrons. The van der Waals surface area contributed by atoms with Gasteiger partial charge in [-0.05, 0) is 31.6 Å². The lowest BCUT2D eigenvalue weighted by molar-refractivity contribution is -0.162. The van der Waals surface area contributed by atoms with Crippen molar-refractivity contribution < 1.29 is 52.3 Å². The summed E-state index contributed by atoms with van der Waals surface area (Å²) in [6.45, 7) is 1.68. The number of hydrogen-bond acceptors (Lipinski definition) is 9. The van der Waals surface area contributed by atoms with Crippen LogP contribution in [0.4, 0.5) is 0 Å². The number of carbonyl (C=O) groups is 3. The summed E-state index contributed by atoms with van der Waals surface area (Å²) in [6.07, 6.45) is -1.59. The number of rotatable bonds is 2. The topological polar surface area (TPSA) is 245 Å². The van der Waals surface area contributed by atoms with Crippen LogP contribution in [0.25, 0.3) is 0 Å². The number of aliphatic hydroxyl groups excluding tert-OH is 3. The van der Waals surface area contributed by atoms with Gasteiger partial charge in [0.2, 0.25) is 5.78 Å². The number of phenolic OH excluding ortho intramolecular Hbond substituents is 1. The second kappa shape index (κ2) is 8.49. The molecule has 0 unspecified atom stereocenters. The van der Waals surface area contributed by atoms with E-state index in [1.807, 2.05) is 0 Å². The molecule has 0 aliphatic heterocycles. The van der Waals surface area contributed by atoms with E-state index in [1.54, 1.807) is 19.1 Å². The minimum absolute atomic E-state index is 0. The predicted molar refractivity (Wildman–Crippen MR) is 118 cm³/mol. The van der Waals surface area contributed by atoms with Crippen molar-refractivity contribution in [3.05, 3.63) is 52.0 Å². The van der Waals surface area contributed by atoms with Crippen LogP contribution in [0.3, 0.4) is 0 Å². The van der Waals surface area contributed by atoms with Gasteiger partial charge in [0.15, 0.2) is 11.4 Å². The van der Waals surface area contributed by atoms with Crippen molar-refractivity contribution >= 4 is 17.5 Å². The number of Topliss-reactive ketones (excluding diaryl/α,β-unsaturated/α-hetero) is 2. The summed E-state index contributed by atoms with van der Waals surface area (Å²) in [4.78, 5) is 39.8. The number of phenols is 1. The molecule has 0 fully saturated rings. The van der Waals surface area contributed by atoms with Crippen LogP contribution in [0, 0.1) is 11.8 Å². The van der Waals surface area contributed by atoms with Crippen molar-refractivity contribution in [1.29, 1.82) is 0 Å². The van der Waals surface area contributed by atoms with E-state index in [0.29, 0.717) is 5.56 Å². The molecule has 12 heteroatoms. The van der Waals surface area contributed by atoms with Crippen molar-refractivity contribution in [2.75, 3.05) is 14.1 Å². The maximum absolute atomic E-state index is 13.3. The molecule has 0 heterocycles. The van der Waals surface area contributed by atoms with Gasteiger partial charge in [0, 0.05) is 11.5 Å². The number of fused-ring (bicyclic) bond motifs is 3. The second-order valence-electron chi connectivity index (χ2n) is 8.79. The van der Waals surface area contributed by atoms with Crippen LogP contribution in [0.2, 0.25) is 0 Å². The molecular formula is C22H29N2O10+. The highest BCUT2D eigenvalue weighted by molar-refractivity contribution is 6.25. The minimum atomic E-state index is -2.89. The van der Waals surface area contributed by atoms with Crippen molar-refractivity contribution in [2.45, 2.75) is 30.6 Å². The van der Waals surface area contributed by atoms with Crippen LogP contribution in [0.1, 0.15) is 30.2 Å². The number of nitrogens with two attached hydrogens (primary N) is 1. The Morgan fingerprint density at radius 1 is 1.15 bits per heavy atom. The number of ketones is 2. The quantitative estimate of drug-likeness (QED) is 0.258. The van der Waals surface area contributed by atoms with Gasteiger partial charge in [0.25, 0.3) is 5.91 Å². The van der Waals surface area contributed by atoms with Gasteiger partial charge in [-0.1, -0.05) is 19.1 Å². The summed E-state index contributed by atoms with van der Waals surface area (Å²) in [5, 5.41) is 55.0. The molecule has 4 rings (SSSR count). The number of aromatic hydroxyl groups is 1. The Morgan fingerprint density at radius 2 is 1.74 bits per heavy atom. The van der Waals surface area contributed by atoms with E-state index in [1.165, 1.54) is 25.1 Å². The van der Waals surface area contributed by atoms with Crippen LogP contribution in [-0.2, 0) is 9.59 Å². The fourth-order valence-corrected chi connectivity index (χ4v) is 5.58. The Labute approximate surface area is 195 Å². The predicted octanol–water partition coefficient (Wildman–Crippen LogP) is -1.88. The molecule has 0 spiro atoms. The van der Waals surface area contributed by atoms with Gasteiger partial charge in [-0.25, -0.2) is 0 Å². The largest absolute Gasteiger partial charge is 1.00 e. The first-order valence-electron chi connectivity index (χ1n) is 10.0. The van der Waals surface area contributed by atoms with Crippen LogP contribution in [0.15, 0.2) is 40.9 Å². The average Bonchev–Trinajstić information content (AvgIpc) is 2.70. The Kier molecular flexibility index (Phi) is 6.73. The molecule has 0 saturated heterocycles. The second-order valence-corrected chi connectivity index (χ2v) is 8.79. The smallest absolute Gasteiger partial charge is 0.510 e. The zero-order chi connectivity index (χ0) is 23.9. The third kappa shape index (κ3) is 3.07. The fourth-order valence-electron chi connectivity index (χ4n) is 5.58. The van der Waals surface area contributed by atoms with Crippen LogP contribution in [0.5, 0.6) is 5.75 Å². The van der Waals surface area contributed by atoms with Gasteiger partial charge in [0.05, 0.1) is 23.6 Å². The molecule has 0 saturated carbocycles. The SMILES string of the molecule is C[C@H]1c2cccc(O)c2C(=O)C2=C(O)[C@]3(O)C(=O)C(C(N)=O)=C(O)[C@@H](N(C)C)[C@@H]3[C@@H](O)[C@@H]21.O.O.[H+]. The number of primary amides is 1. The molecule has 12 nitrogen and oxygen atoms in total. The molecule has 0 aromatic heterocycles. The maximum atomic E-state index is 13.3. The van der Waals surface area contributed by atoms with E-state index in [0.717, 1.165) is 0 Å². The van der Waals surface area contributed by atoms with E-state index in [-0.39, 0.29) is 23.7 Å². The van der Waals surface area contributed by atoms with E-state index in [2.05, 4.69) is 0 Å². The average molecular weight is 481 g/mol. The number of benzene rings is 1. The standard InChI is InChI=1S/C22H24N2O8.2H2O/c1-7-8-5-4-6-9(25)11(8)16(26)12-10(7)17(27)14-15(24(2)3)18(28)13(21(23)31)20(30)22(14,32)19(12)29;;/h4-7,10,14-15,17,25,27-29,32H,1-3H3,(H2,23,31);2*1H2/p+1/t7-,10+,14+,15-,17-,22-;;/m0../s1. The molecule has 3 aliphatic carbocycles. The number of likely N-dealkylation sites (N-methyl/N-ethyl adjacent to an activating group) is 1. The van der Waals surface area contributed by atoms with Crippen LogP contribution >= 0.6 is 0 Å². The van der Waals surface area contributed by atoms with Gasteiger partial charge in [-0.2, -0.15) is 0 Å². The minimum Gasteiger partial charge on any atom is -0.510 e. The fraction of sp³-hybridized carbons (Fsp3) is 0.409. The highest BCUT2D eigenvalue weighted by Crippen LogP contribution is 2.55. The first kappa shape index (κ1) is 27.0. The summed E-state index contributed by atoms with van der Waals surface area (Å²) in [5.74, 6) is -8.86. The molecule has 3 aliphatic rings. The number of nitrogens with zero attached hydrogens (tertiary/aromatic N) is 1. The lowest BCUT2D eigenvalue weighted by Crippen LogP contribution is -2.68. The molecule has 0 bridgehead atoms. The maximum Gasteiger partial charge on any atom is 1.00 e.